The molecule has 0 radical (unpaired) electrons. The number of methoxy groups -OCH3 is 1. The molecule has 2 saturated carbocycles. The third-order valence-electron chi connectivity index (χ3n) is 7.22. The van der Waals surface area contributed by atoms with Gasteiger partial charge < -0.3 is 14.9 Å². The Balaban J connectivity index is 0.000000784. The lowest BCUT2D eigenvalue weighted by Gasteiger charge is -2.51. The predicted molar refractivity (Wildman–Crippen MR) is 108 cm³/mol. The molecule has 3 aliphatic carbocycles. The highest BCUT2D eigenvalue weighted by Gasteiger charge is 2.55. The van der Waals surface area contributed by atoms with Gasteiger partial charge in [0.25, 0.3) is 0 Å². The summed E-state index contributed by atoms with van der Waals surface area (Å²) < 4.78 is 5.48. The maximum atomic E-state index is 10.5. The van der Waals surface area contributed by atoms with Crippen LogP contribution in [0.15, 0.2) is 18.2 Å². The van der Waals surface area contributed by atoms with Crippen molar-refractivity contribution in [1.82, 2.24) is 0 Å². The van der Waals surface area contributed by atoms with Gasteiger partial charge in [-0.1, -0.05) is 34.3 Å². The Labute approximate surface area is 159 Å². The van der Waals surface area contributed by atoms with E-state index >= 15 is 0 Å². The number of phenolic OH excluding ortho intramolecular Hbond substituents is 1. The van der Waals surface area contributed by atoms with E-state index in [1.807, 2.05) is 26.0 Å². The first kappa shape index (κ1) is 21.2. The smallest absolute Gasteiger partial charge is 0.115 e. The van der Waals surface area contributed by atoms with Crippen molar-refractivity contribution in [3.8, 4) is 5.75 Å². The summed E-state index contributed by atoms with van der Waals surface area (Å²) in [6.07, 6.45) is 5.40. The van der Waals surface area contributed by atoms with Crippen LogP contribution in [0.25, 0.3) is 0 Å². The normalized spacial score (nSPS) is 37.3. The summed E-state index contributed by atoms with van der Waals surface area (Å²) in [7, 11) is 1.76. The number of hydrogen-bond acceptors (Lipinski definition) is 3. The molecule has 6 atom stereocenters. The fourth-order valence-corrected chi connectivity index (χ4v) is 6.04. The Bertz CT molecular complexity index is 599. The van der Waals surface area contributed by atoms with E-state index in [2.05, 4.69) is 13.0 Å². The molecule has 3 aliphatic rings. The van der Waals surface area contributed by atoms with E-state index in [4.69, 9.17) is 4.74 Å². The van der Waals surface area contributed by atoms with Gasteiger partial charge in [-0.2, -0.15) is 0 Å². The molecule has 1 aromatic carbocycles. The Morgan fingerprint density at radius 2 is 1.88 bits per heavy atom. The van der Waals surface area contributed by atoms with Crippen LogP contribution >= 0.6 is 0 Å². The molecule has 0 aliphatic heterocycles. The molecule has 26 heavy (non-hydrogen) atoms. The van der Waals surface area contributed by atoms with Crippen molar-refractivity contribution >= 4 is 0 Å². The third kappa shape index (κ3) is 3.29. The van der Waals surface area contributed by atoms with E-state index in [1.54, 1.807) is 7.11 Å². The second-order valence-electron chi connectivity index (χ2n) is 8.22. The van der Waals surface area contributed by atoms with Gasteiger partial charge >= 0.3 is 0 Å². The van der Waals surface area contributed by atoms with E-state index in [9.17, 15) is 10.2 Å². The van der Waals surface area contributed by atoms with Crippen LogP contribution in [0.3, 0.4) is 0 Å². The second kappa shape index (κ2) is 8.31. The molecule has 0 saturated heterocycles. The number of fused-ring (bicyclic) bond motifs is 5. The average molecular weight is 363 g/mol. The van der Waals surface area contributed by atoms with E-state index in [0.29, 0.717) is 36.0 Å². The zero-order valence-corrected chi connectivity index (χ0v) is 16.2. The molecular weight excluding hydrogens is 324 g/mol. The zero-order valence-electron chi connectivity index (χ0n) is 16.2. The molecule has 4 rings (SSSR count). The molecule has 3 nitrogen and oxygen atoms in total. The van der Waals surface area contributed by atoms with Crippen LogP contribution in [0.2, 0.25) is 0 Å². The van der Waals surface area contributed by atoms with Gasteiger partial charge in [0.15, 0.2) is 0 Å². The van der Waals surface area contributed by atoms with Gasteiger partial charge in [0, 0.05) is 13.0 Å². The molecule has 3 heteroatoms. The lowest BCUT2D eigenvalue weighted by atomic mass is 9.54. The Morgan fingerprint density at radius 1 is 1.15 bits per heavy atom. The van der Waals surface area contributed by atoms with Crippen molar-refractivity contribution in [3.63, 3.8) is 0 Å². The van der Waals surface area contributed by atoms with Crippen LogP contribution < -0.4 is 0 Å². The fraction of sp³-hybridized carbons (Fsp3) is 0.739. The number of rotatable bonds is 2. The third-order valence-corrected chi connectivity index (χ3v) is 7.22. The van der Waals surface area contributed by atoms with Crippen molar-refractivity contribution in [2.45, 2.75) is 78.2 Å². The molecule has 0 spiro atoms. The summed E-state index contributed by atoms with van der Waals surface area (Å²) in [5, 5.41) is 20.4. The number of benzene rings is 1. The van der Waals surface area contributed by atoms with Crippen molar-refractivity contribution < 1.29 is 14.9 Å². The summed E-state index contributed by atoms with van der Waals surface area (Å²) >= 11 is 0. The van der Waals surface area contributed by atoms with Gasteiger partial charge in [-0.15, -0.1) is 0 Å². The minimum atomic E-state index is -0.129. The molecule has 1 aromatic rings. The fourth-order valence-electron chi connectivity index (χ4n) is 6.04. The van der Waals surface area contributed by atoms with Crippen LogP contribution in [-0.2, 0) is 4.74 Å². The van der Waals surface area contributed by atoms with Crippen molar-refractivity contribution in [1.29, 1.82) is 0 Å². The topological polar surface area (TPSA) is 49.7 Å². The zero-order chi connectivity index (χ0) is 18.2. The van der Waals surface area contributed by atoms with Gasteiger partial charge in [0.2, 0.25) is 0 Å². The van der Waals surface area contributed by atoms with Gasteiger partial charge in [-0.05, 0) is 78.5 Å². The molecule has 0 amide bonds. The molecule has 148 valence electrons. The summed E-state index contributed by atoms with van der Waals surface area (Å²) in [6, 6.07) is 5.92. The molecule has 0 heterocycles. The summed E-state index contributed by atoms with van der Waals surface area (Å²) in [5.41, 5.74) is 2.81. The van der Waals surface area contributed by atoms with E-state index in [0.717, 1.165) is 32.1 Å². The number of hydrogen-bond donors (Lipinski definition) is 2. The molecule has 2 N–H and O–H groups in total. The SMILES string of the molecule is C.CC.COCC1CC2C(CCC3(C)C(O)CCC23)c2ccc(O)cc21. The highest BCUT2D eigenvalue weighted by molar-refractivity contribution is 5.42. The highest BCUT2D eigenvalue weighted by Crippen LogP contribution is 2.62. The maximum Gasteiger partial charge on any atom is 0.115 e. The first-order valence-corrected chi connectivity index (χ1v) is 10.0. The first-order chi connectivity index (χ1) is 12.0. The standard InChI is InChI=1S/C20H28O3.C2H6.CH4/c1-20-8-7-15-14-4-3-13(21)10-16(14)12(11-23-2)9-17(15)18(20)5-6-19(20)22;1-2;/h3-4,10,12,15,17-19,21-22H,5-9,11H2,1-2H3;1-2H3;1H4. The lowest BCUT2D eigenvalue weighted by Crippen LogP contribution is -2.44. The number of aliphatic hydroxyl groups excluding tert-OH is 1. The second-order valence-corrected chi connectivity index (χ2v) is 8.22. The largest absolute Gasteiger partial charge is 0.508 e. The quantitative estimate of drug-likeness (QED) is 0.734. The maximum absolute atomic E-state index is 10.5. The molecule has 2 fully saturated rings. The highest BCUT2D eigenvalue weighted by atomic mass is 16.5. The Kier molecular flexibility index (Phi) is 6.79. The van der Waals surface area contributed by atoms with Crippen molar-refractivity contribution in [3.05, 3.63) is 29.3 Å². The van der Waals surface area contributed by atoms with Gasteiger partial charge in [0.1, 0.15) is 5.75 Å². The average Bonchev–Trinajstić information content (AvgIpc) is 2.92. The first-order valence-electron chi connectivity index (χ1n) is 10.0. The van der Waals surface area contributed by atoms with E-state index in [-0.39, 0.29) is 18.9 Å². The summed E-state index contributed by atoms with van der Waals surface area (Å²) in [5.74, 6) is 2.58. The molecular formula is C23H38O3. The Hall–Kier alpha value is -1.06. The number of ether oxygens (including phenoxy) is 1. The molecule has 6 unspecified atom stereocenters. The minimum Gasteiger partial charge on any atom is -0.508 e. The summed E-state index contributed by atoms with van der Waals surface area (Å²) in [4.78, 5) is 0. The van der Waals surface area contributed by atoms with Gasteiger partial charge in [-0.25, -0.2) is 0 Å². The lowest BCUT2D eigenvalue weighted by molar-refractivity contribution is -0.0273. The van der Waals surface area contributed by atoms with Crippen LogP contribution in [0, 0.1) is 17.3 Å². The van der Waals surface area contributed by atoms with E-state index in [1.165, 1.54) is 11.1 Å². The molecule has 0 bridgehead atoms. The van der Waals surface area contributed by atoms with Gasteiger partial charge in [-0.3, -0.25) is 0 Å². The predicted octanol–water partition coefficient (Wildman–Crippen LogP) is 5.46. The van der Waals surface area contributed by atoms with Crippen LogP contribution in [0.5, 0.6) is 5.75 Å². The Morgan fingerprint density at radius 3 is 2.58 bits per heavy atom. The monoisotopic (exact) mass is 362 g/mol. The van der Waals surface area contributed by atoms with Crippen LogP contribution in [-0.4, -0.2) is 30.0 Å². The number of phenols is 1. The molecule has 0 aromatic heterocycles. The van der Waals surface area contributed by atoms with E-state index < -0.39 is 0 Å². The number of aliphatic hydroxyl groups is 1. The van der Waals surface area contributed by atoms with Gasteiger partial charge in [0.05, 0.1) is 12.7 Å². The van der Waals surface area contributed by atoms with Crippen LogP contribution in [0.4, 0.5) is 0 Å². The van der Waals surface area contributed by atoms with Crippen LogP contribution in [0.1, 0.15) is 83.3 Å². The summed E-state index contributed by atoms with van der Waals surface area (Å²) in [6.45, 7) is 7.02. The van der Waals surface area contributed by atoms with Crippen molar-refractivity contribution in [2.24, 2.45) is 17.3 Å². The van der Waals surface area contributed by atoms with Crippen molar-refractivity contribution in [2.75, 3.05) is 13.7 Å². The minimum absolute atomic E-state index is 0. The number of aromatic hydroxyl groups is 1.